The number of carbonyl (C=O) groups excluding carboxylic acids is 1. The lowest BCUT2D eigenvalue weighted by Gasteiger charge is -2.08. The van der Waals surface area contributed by atoms with Crippen molar-refractivity contribution in [1.82, 2.24) is 5.32 Å². The Balaban J connectivity index is 3.57. The Hall–Kier alpha value is -0.710. The van der Waals surface area contributed by atoms with E-state index in [4.69, 9.17) is 5.11 Å². The summed E-state index contributed by atoms with van der Waals surface area (Å²) in [5.74, 6) is -1.35. The maximum atomic E-state index is 11.4. The van der Waals surface area contributed by atoms with Gasteiger partial charge in [0.2, 0.25) is 0 Å². The fourth-order valence-electron chi connectivity index (χ4n) is 0.351. The molecule has 0 spiro atoms. The smallest absolute Gasteiger partial charge is 0.315 e. The van der Waals surface area contributed by atoms with E-state index in [1.165, 1.54) is 6.92 Å². The largest absolute Gasteiger partial charge is 0.394 e. The molecule has 0 aliphatic carbocycles. The third-order valence-corrected chi connectivity index (χ3v) is 0.861. The quantitative estimate of drug-likeness (QED) is 0.587. The summed E-state index contributed by atoms with van der Waals surface area (Å²) < 4.78 is 22.9. The van der Waals surface area contributed by atoms with Crippen LogP contribution in [0.25, 0.3) is 0 Å². The summed E-state index contributed by atoms with van der Waals surface area (Å²) in [6.07, 6.45) is -3.01. The van der Waals surface area contributed by atoms with Gasteiger partial charge in [-0.2, -0.15) is 8.78 Å². The predicted octanol–water partition coefficient (Wildman–Crippen LogP) is -0.252. The first-order valence-electron chi connectivity index (χ1n) is 2.77. The molecule has 0 saturated carbocycles. The first kappa shape index (κ1) is 9.29. The lowest BCUT2D eigenvalue weighted by molar-refractivity contribution is -0.132. The first-order chi connectivity index (χ1) is 4.57. The minimum atomic E-state index is -3.01. The number of halogens is 2. The van der Waals surface area contributed by atoms with Gasteiger partial charge in [0.15, 0.2) is 0 Å². The minimum Gasteiger partial charge on any atom is -0.394 e. The van der Waals surface area contributed by atoms with Crippen LogP contribution in [0.5, 0.6) is 0 Å². The molecule has 0 aromatic carbocycles. The summed E-state index contributed by atoms with van der Waals surface area (Å²) in [6, 6.07) is -0.610. The number of nitrogens with one attached hydrogen (secondary N) is 1. The molecule has 0 fully saturated rings. The Morgan fingerprint density at radius 3 is 2.50 bits per heavy atom. The predicted molar refractivity (Wildman–Crippen MR) is 30.7 cm³/mol. The van der Waals surface area contributed by atoms with Crippen molar-refractivity contribution in [1.29, 1.82) is 0 Å². The highest BCUT2D eigenvalue weighted by Gasteiger charge is 2.16. The van der Waals surface area contributed by atoms with Gasteiger partial charge >= 0.3 is 6.43 Å². The number of hydrogen-bond acceptors (Lipinski definition) is 2. The maximum Gasteiger partial charge on any atom is 0.315 e. The van der Waals surface area contributed by atoms with Crippen LogP contribution in [0.2, 0.25) is 0 Å². The summed E-state index contributed by atoms with van der Waals surface area (Å²) in [5, 5.41) is 10.2. The first-order valence-corrected chi connectivity index (χ1v) is 2.77. The summed E-state index contributed by atoms with van der Waals surface area (Å²) >= 11 is 0. The van der Waals surface area contributed by atoms with Crippen molar-refractivity contribution in [3.63, 3.8) is 0 Å². The van der Waals surface area contributed by atoms with Crippen molar-refractivity contribution in [2.75, 3.05) is 6.61 Å². The van der Waals surface area contributed by atoms with Gasteiger partial charge in [0.05, 0.1) is 6.61 Å². The second kappa shape index (κ2) is 4.16. The highest BCUT2D eigenvalue weighted by molar-refractivity contribution is 5.79. The number of aliphatic hydroxyl groups excluding tert-OH is 1. The number of amides is 1. The van der Waals surface area contributed by atoms with Gasteiger partial charge in [0.1, 0.15) is 0 Å². The molecule has 0 bridgehead atoms. The van der Waals surface area contributed by atoms with E-state index in [0.717, 1.165) is 0 Å². The molecule has 3 nitrogen and oxygen atoms in total. The van der Waals surface area contributed by atoms with Crippen LogP contribution in [0, 0.1) is 0 Å². The number of aliphatic hydroxyl groups is 1. The fourth-order valence-corrected chi connectivity index (χ4v) is 0.351. The van der Waals surface area contributed by atoms with E-state index in [1.807, 2.05) is 5.32 Å². The van der Waals surface area contributed by atoms with Gasteiger partial charge in [-0.15, -0.1) is 0 Å². The molecule has 1 amide bonds. The van der Waals surface area contributed by atoms with Crippen LogP contribution >= 0.6 is 0 Å². The zero-order chi connectivity index (χ0) is 8.15. The van der Waals surface area contributed by atoms with Crippen molar-refractivity contribution in [3.05, 3.63) is 0 Å². The van der Waals surface area contributed by atoms with Crippen LogP contribution in [0.3, 0.4) is 0 Å². The lowest BCUT2D eigenvalue weighted by Crippen LogP contribution is -2.38. The van der Waals surface area contributed by atoms with Crippen molar-refractivity contribution in [2.45, 2.75) is 19.4 Å². The van der Waals surface area contributed by atoms with E-state index in [1.54, 1.807) is 0 Å². The fraction of sp³-hybridized carbons (Fsp3) is 0.800. The van der Waals surface area contributed by atoms with Crippen molar-refractivity contribution < 1.29 is 18.7 Å². The molecule has 0 aromatic heterocycles. The van der Waals surface area contributed by atoms with E-state index >= 15 is 0 Å². The second-order valence-corrected chi connectivity index (χ2v) is 1.89. The molecule has 0 saturated heterocycles. The summed E-state index contributed by atoms with van der Waals surface area (Å²) in [4.78, 5) is 10.1. The Morgan fingerprint density at radius 2 is 2.20 bits per heavy atom. The Bertz CT molecular complexity index is 118. The molecule has 5 heteroatoms. The van der Waals surface area contributed by atoms with Gasteiger partial charge < -0.3 is 10.4 Å². The highest BCUT2D eigenvalue weighted by Crippen LogP contribution is 1.91. The number of alkyl halides is 2. The van der Waals surface area contributed by atoms with Crippen LogP contribution in [0.15, 0.2) is 0 Å². The molecule has 0 aliphatic heterocycles. The van der Waals surface area contributed by atoms with Crippen LogP contribution in [-0.4, -0.2) is 30.1 Å². The van der Waals surface area contributed by atoms with Crippen LogP contribution in [0.4, 0.5) is 8.78 Å². The van der Waals surface area contributed by atoms with Crippen LogP contribution < -0.4 is 5.32 Å². The molecular weight excluding hydrogens is 144 g/mol. The standard InChI is InChI=1S/C5H9F2NO2/c1-3(2-9)8-5(10)4(6)7/h3-4,9H,2H2,1H3,(H,8,10)/t3-/m1/s1. The molecular formula is C5H9F2NO2. The topological polar surface area (TPSA) is 49.3 Å². The van der Waals surface area contributed by atoms with Gasteiger partial charge in [0, 0.05) is 6.04 Å². The van der Waals surface area contributed by atoms with Crippen LogP contribution in [0.1, 0.15) is 6.92 Å². The van der Waals surface area contributed by atoms with Crippen molar-refractivity contribution >= 4 is 5.91 Å². The monoisotopic (exact) mass is 153 g/mol. The lowest BCUT2D eigenvalue weighted by atomic mass is 10.3. The van der Waals surface area contributed by atoms with Gasteiger partial charge in [-0.1, -0.05) is 0 Å². The molecule has 0 heterocycles. The van der Waals surface area contributed by atoms with Gasteiger partial charge in [0.25, 0.3) is 5.91 Å². The molecule has 2 N–H and O–H groups in total. The summed E-state index contributed by atoms with van der Waals surface area (Å²) in [5.41, 5.74) is 0. The summed E-state index contributed by atoms with van der Waals surface area (Å²) in [7, 11) is 0. The Kier molecular flexibility index (Phi) is 3.87. The van der Waals surface area contributed by atoms with Gasteiger partial charge in [-0.25, -0.2) is 0 Å². The normalized spacial score (nSPS) is 13.3. The van der Waals surface area contributed by atoms with Crippen molar-refractivity contribution in [3.8, 4) is 0 Å². The highest BCUT2D eigenvalue weighted by atomic mass is 19.3. The molecule has 0 aliphatic rings. The summed E-state index contributed by atoms with van der Waals surface area (Å²) in [6.45, 7) is 1.10. The van der Waals surface area contributed by atoms with E-state index in [0.29, 0.717) is 0 Å². The van der Waals surface area contributed by atoms with E-state index < -0.39 is 18.4 Å². The van der Waals surface area contributed by atoms with Crippen LogP contribution in [-0.2, 0) is 4.79 Å². The number of carbonyl (C=O) groups is 1. The van der Waals surface area contributed by atoms with E-state index in [2.05, 4.69) is 0 Å². The molecule has 0 radical (unpaired) electrons. The molecule has 0 rings (SSSR count). The molecule has 0 aromatic rings. The number of rotatable bonds is 3. The van der Waals surface area contributed by atoms with Crippen molar-refractivity contribution in [2.24, 2.45) is 0 Å². The number of hydrogen-bond donors (Lipinski definition) is 2. The molecule has 10 heavy (non-hydrogen) atoms. The van der Waals surface area contributed by atoms with Gasteiger partial charge in [-0.05, 0) is 6.92 Å². The van der Waals surface area contributed by atoms with E-state index in [-0.39, 0.29) is 6.61 Å². The SMILES string of the molecule is C[C@H](CO)NC(=O)C(F)F. The second-order valence-electron chi connectivity index (χ2n) is 1.89. The Morgan fingerprint density at radius 1 is 1.70 bits per heavy atom. The average Bonchev–Trinajstić information content (AvgIpc) is 1.87. The molecule has 1 atom stereocenters. The zero-order valence-corrected chi connectivity index (χ0v) is 5.47. The van der Waals surface area contributed by atoms with E-state index in [9.17, 15) is 13.6 Å². The zero-order valence-electron chi connectivity index (χ0n) is 5.47. The molecule has 0 unspecified atom stereocenters. The third-order valence-electron chi connectivity index (χ3n) is 0.861. The third kappa shape index (κ3) is 3.34. The Labute approximate surface area is 57.0 Å². The molecule has 60 valence electrons. The minimum absolute atomic E-state index is 0.335. The average molecular weight is 153 g/mol. The van der Waals surface area contributed by atoms with Gasteiger partial charge in [-0.3, -0.25) is 4.79 Å². The maximum absolute atomic E-state index is 11.4.